The Morgan fingerprint density at radius 1 is 1.38 bits per heavy atom. The molecule has 0 aromatic heterocycles. The highest BCUT2D eigenvalue weighted by Gasteiger charge is 2.38. The summed E-state index contributed by atoms with van der Waals surface area (Å²) in [5.74, 6) is 1.97. The van der Waals surface area contributed by atoms with Crippen molar-refractivity contribution in [3.63, 3.8) is 0 Å². The van der Waals surface area contributed by atoms with Crippen LogP contribution in [0.1, 0.15) is 26.7 Å². The van der Waals surface area contributed by atoms with Crippen LogP contribution in [0.25, 0.3) is 0 Å². The molecule has 16 heavy (non-hydrogen) atoms. The molecule has 1 aliphatic carbocycles. The highest BCUT2D eigenvalue weighted by molar-refractivity contribution is 6.00. The molecule has 1 N–H and O–H groups in total. The Balaban J connectivity index is 1.85. The van der Waals surface area contributed by atoms with Gasteiger partial charge in [-0.25, -0.2) is 4.99 Å². The first kappa shape index (κ1) is 10.00. The predicted octanol–water partition coefficient (Wildman–Crippen LogP) is 1.18. The van der Waals surface area contributed by atoms with Crippen LogP contribution in [-0.4, -0.2) is 41.6 Å². The van der Waals surface area contributed by atoms with Gasteiger partial charge in [-0.1, -0.05) is 0 Å². The molecular formula is C12H20N4. The zero-order valence-corrected chi connectivity index (χ0v) is 10.1. The molecular weight excluding hydrogens is 200 g/mol. The van der Waals surface area contributed by atoms with E-state index in [2.05, 4.69) is 35.2 Å². The fraction of sp³-hybridized carbons (Fsp3) is 0.750. The van der Waals surface area contributed by atoms with Gasteiger partial charge in [-0.2, -0.15) is 0 Å². The molecule has 3 aliphatic rings. The van der Waals surface area contributed by atoms with Gasteiger partial charge in [0.05, 0.1) is 12.4 Å². The average molecular weight is 220 g/mol. The van der Waals surface area contributed by atoms with Crippen LogP contribution in [0.15, 0.2) is 16.9 Å². The van der Waals surface area contributed by atoms with E-state index in [9.17, 15) is 0 Å². The van der Waals surface area contributed by atoms with Crippen LogP contribution in [0.5, 0.6) is 0 Å². The number of rotatable bonds is 3. The van der Waals surface area contributed by atoms with E-state index in [-0.39, 0.29) is 0 Å². The Morgan fingerprint density at radius 2 is 2.19 bits per heavy atom. The van der Waals surface area contributed by atoms with E-state index < -0.39 is 0 Å². The number of hydrogen-bond donors (Lipinski definition) is 1. The first-order chi connectivity index (χ1) is 7.81. The van der Waals surface area contributed by atoms with Crippen molar-refractivity contribution in [1.29, 1.82) is 0 Å². The fourth-order valence-electron chi connectivity index (χ4n) is 2.39. The number of hydrogen-bond acceptors (Lipinski definition) is 4. The molecule has 0 saturated heterocycles. The van der Waals surface area contributed by atoms with Crippen molar-refractivity contribution in [1.82, 2.24) is 15.1 Å². The van der Waals surface area contributed by atoms with Gasteiger partial charge in [0.25, 0.3) is 0 Å². The maximum atomic E-state index is 4.83. The second-order valence-corrected chi connectivity index (χ2v) is 4.82. The molecule has 0 radical (unpaired) electrons. The molecule has 2 heterocycles. The summed E-state index contributed by atoms with van der Waals surface area (Å²) in [6, 6.07) is 0. The Bertz CT molecular complexity index is 343. The van der Waals surface area contributed by atoms with Crippen LogP contribution >= 0.6 is 0 Å². The van der Waals surface area contributed by atoms with Crippen LogP contribution < -0.4 is 5.32 Å². The maximum Gasteiger partial charge on any atom is 0.152 e. The molecule has 1 saturated carbocycles. The normalized spacial score (nSPS) is 28.5. The third-order valence-corrected chi connectivity index (χ3v) is 3.63. The lowest BCUT2D eigenvalue weighted by atomic mass is 10.3. The van der Waals surface area contributed by atoms with Crippen molar-refractivity contribution in [2.75, 3.05) is 19.8 Å². The Hall–Kier alpha value is -1.19. The number of aliphatic imine (C=N–C) groups is 1. The smallest absolute Gasteiger partial charge is 0.152 e. The quantitative estimate of drug-likeness (QED) is 0.775. The second kappa shape index (κ2) is 3.68. The number of likely N-dealkylation sites (N-methyl/N-ethyl adjacent to an activating group) is 1. The molecule has 0 aromatic rings. The lowest BCUT2D eigenvalue weighted by Gasteiger charge is -2.34. The molecule has 0 amide bonds. The Kier molecular flexibility index (Phi) is 2.30. The van der Waals surface area contributed by atoms with E-state index >= 15 is 0 Å². The molecule has 0 aromatic carbocycles. The summed E-state index contributed by atoms with van der Waals surface area (Å²) in [6.45, 7) is 7.47. The Labute approximate surface area is 97.0 Å². The van der Waals surface area contributed by atoms with Crippen molar-refractivity contribution in [2.45, 2.75) is 32.9 Å². The standard InChI is InChI=1S/C12H20N4/c1-3-15-7-10-12(16(4-2)8-15)14-11(13-10)9-5-6-9/h7,9,11,13H,3-6,8H2,1-2H3. The van der Waals surface area contributed by atoms with E-state index in [0.29, 0.717) is 6.17 Å². The number of amidine groups is 1. The number of fused-ring (bicyclic) bond motifs is 1. The van der Waals surface area contributed by atoms with E-state index in [1.54, 1.807) is 0 Å². The summed E-state index contributed by atoms with van der Waals surface area (Å²) >= 11 is 0. The lowest BCUT2D eigenvalue weighted by Crippen LogP contribution is -2.45. The van der Waals surface area contributed by atoms with Crippen molar-refractivity contribution in [3.8, 4) is 0 Å². The van der Waals surface area contributed by atoms with Crippen LogP contribution in [-0.2, 0) is 0 Å². The molecule has 88 valence electrons. The van der Waals surface area contributed by atoms with E-state index in [4.69, 9.17) is 4.99 Å². The van der Waals surface area contributed by atoms with Crippen molar-refractivity contribution in [3.05, 3.63) is 11.9 Å². The van der Waals surface area contributed by atoms with Crippen molar-refractivity contribution < 1.29 is 0 Å². The van der Waals surface area contributed by atoms with Gasteiger partial charge in [0.15, 0.2) is 5.84 Å². The largest absolute Gasteiger partial charge is 0.359 e. The molecule has 2 aliphatic heterocycles. The molecule has 1 unspecified atom stereocenters. The van der Waals surface area contributed by atoms with E-state index in [1.807, 2.05) is 0 Å². The minimum atomic E-state index is 0.354. The lowest BCUT2D eigenvalue weighted by molar-refractivity contribution is 0.250. The minimum Gasteiger partial charge on any atom is -0.359 e. The fourth-order valence-corrected chi connectivity index (χ4v) is 2.39. The van der Waals surface area contributed by atoms with Crippen LogP contribution in [0.4, 0.5) is 0 Å². The van der Waals surface area contributed by atoms with Gasteiger partial charge in [-0.3, -0.25) is 0 Å². The topological polar surface area (TPSA) is 30.9 Å². The monoisotopic (exact) mass is 220 g/mol. The molecule has 0 bridgehead atoms. The highest BCUT2D eigenvalue weighted by atomic mass is 15.4. The third-order valence-electron chi connectivity index (χ3n) is 3.63. The summed E-state index contributed by atoms with van der Waals surface area (Å²) in [4.78, 5) is 9.52. The van der Waals surface area contributed by atoms with Crippen molar-refractivity contribution in [2.24, 2.45) is 10.9 Å². The molecule has 4 heteroatoms. The first-order valence-electron chi connectivity index (χ1n) is 6.37. The van der Waals surface area contributed by atoms with Crippen LogP contribution in [0.3, 0.4) is 0 Å². The third kappa shape index (κ3) is 1.56. The van der Waals surface area contributed by atoms with Gasteiger partial charge >= 0.3 is 0 Å². The highest BCUT2D eigenvalue weighted by Crippen LogP contribution is 2.36. The van der Waals surface area contributed by atoms with Gasteiger partial charge in [-0.15, -0.1) is 0 Å². The van der Waals surface area contributed by atoms with Crippen LogP contribution in [0, 0.1) is 5.92 Å². The Morgan fingerprint density at radius 3 is 2.81 bits per heavy atom. The van der Waals surface area contributed by atoms with E-state index in [1.165, 1.54) is 24.4 Å². The number of nitrogens with one attached hydrogen (secondary N) is 1. The molecule has 4 nitrogen and oxygen atoms in total. The molecule has 0 spiro atoms. The first-order valence-corrected chi connectivity index (χ1v) is 6.37. The summed E-state index contributed by atoms with van der Waals surface area (Å²) in [7, 11) is 0. The zero-order chi connectivity index (χ0) is 11.1. The predicted molar refractivity (Wildman–Crippen MR) is 64.8 cm³/mol. The SMILES string of the molecule is CCN1C=C2NC(C3CC3)N=C2N(CC)C1. The van der Waals surface area contributed by atoms with Gasteiger partial charge in [0.2, 0.25) is 0 Å². The molecule has 1 fully saturated rings. The average Bonchev–Trinajstić information content (AvgIpc) is 3.07. The second-order valence-electron chi connectivity index (χ2n) is 4.82. The zero-order valence-electron chi connectivity index (χ0n) is 10.1. The molecule has 1 atom stereocenters. The summed E-state index contributed by atoms with van der Waals surface area (Å²) in [5.41, 5.74) is 1.23. The van der Waals surface area contributed by atoms with Gasteiger partial charge in [0.1, 0.15) is 6.17 Å². The number of nitrogens with zero attached hydrogens (tertiary/aromatic N) is 3. The maximum absolute atomic E-state index is 4.83. The van der Waals surface area contributed by atoms with Gasteiger partial charge in [0, 0.05) is 19.3 Å². The molecule has 3 rings (SSSR count). The van der Waals surface area contributed by atoms with Crippen molar-refractivity contribution >= 4 is 5.84 Å². The minimum absolute atomic E-state index is 0.354. The summed E-state index contributed by atoms with van der Waals surface area (Å²) < 4.78 is 0. The summed E-state index contributed by atoms with van der Waals surface area (Å²) in [6.07, 6.45) is 5.26. The van der Waals surface area contributed by atoms with E-state index in [0.717, 1.165) is 25.7 Å². The summed E-state index contributed by atoms with van der Waals surface area (Å²) in [5, 5.41) is 3.56. The van der Waals surface area contributed by atoms with Crippen LogP contribution in [0.2, 0.25) is 0 Å². The van der Waals surface area contributed by atoms with Gasteiger partial charge < -0.3 is 15.1 Å². The van der Waals surface area contributed by atoms with Gasteiger partial charge in [-0.05, 0) is 32.6 Å².